The van der Waals surface area contributed by atoms with Crippen molar-refractivity contribution in [3.63, 3.8) is 0 Å². The van der Waals surface area contributed by atoms with Crippen molar-refractivity contribution < 1.29 is 13.2 Å². The van der Waals surface area contributed by atoms with Crippen molar-refractivity contribution in [2.75, 3.05) is 5.43 Å². The van der Waals surface area contributed by atoms with Crippen molar-refractivity contribution in [3.05, 3.63) is 65.4 Å². The van der Waals surface area contributed by atoms with Crippen LogP contribution in [-0.4, -0.2) is 10.3 Å². The maximum atomic E-state index is 12.6. The Morgan fingerprint density at radius 3 is 2.48 bits per heavy atom. The quantitative estimate of drug-likeness (QED) is 0.638. The van der Waals surface area contributed by atoms with Crippen molar-refractivity contribution in [2.24, 2.45) is 5.10 Å². The molecule has 0 bridgehead atoms. The molecular weight excluding hydrogens is 327 g/mol. The van der Waals surface area contributed by atoms with Crippen LogP contribution >= 0.6 is 0 Å². The van der Waals surface area contributed by atoms with Gasteiger partial charge < -0.3 is 4.57 Å². The molecule has 2 heterocycles. The Labute approximate surface area is 142 Å². The molecule has 0 fully saturated rings. The summed E-state index contributed by atoms with van der Waals surface area (Å²) in [7, 11) is 0. The average molecular weight is 343 g/mol. The molecule has 2 aromatic carbocycles. The summed E-state index contributed by atoms with van der Waals surface area (Å²) in [6.07, 6.45) is -3.53. The number of halogens is 3. The molecule has 1 aromatic heterocycles. The second-order valence-electron chi connectivity index (χ2n) is 6.14. The first-order valence-corrected chi connectivity index (χ1v) is 8.03. The van der Waals surface area contributed by atoms with Gasteiger partial charge in [0.25, 0.3) is 0 Å². The molecule has 0 spiro atoms. The summed E-state index contributed by atoms with van der Waals surface area (Å²) in [4.78, 5) is 0. The van der Waals surface area contributed by atoms with E-state index in [-0.39, 0.29) is 0 Å². The lowest BCUT2D eigenvalue weighted by molar-refractivity contribution is -0.137. The van der Waals surface area contributed by atoms with Gasteiger partial charge in [-0.25, -0.2) is 0 Å². The molecule has 6 heteroatoms. The molecule has 0 saturated heterocycles. The number of anilines is 1. The standard InChI is InChI=1S/C19H16F3N3/c1-12-15-4-2-3-5-17(15)25-11-10-16(18(12)25)24-23-14-8-6-13(7-9-14)19(20,21)22/h2-9,23H,10-11H2,1H3/b24-16-. The summed E-state index contributed by atoms with van der Waals surface area (Å²) in [6, 6.07) is 13.1. The van der Waals surface area contributed by atoms with Gasteiger partial charge >= 0.3 is 6.18 Å². The largest absolute Gasteiger partial charge is 0.416 e. The summed E-state index contributed by atoms with van der Waals surface area (Å²) in [5.74, 6) is 0. The van der Waals surface area contributed by atoms with Gasteiger partial charge in [-0.2, -0.15) is 18.3 Å². The highest BCUT2D eigenvalue weighted by atomic mass is 19.4. The Kier molecular flexibility index (Phi) is 3.56. The van der Waals surface area contributed by atoms with Crippen molar-refractivity contribution in [3.8, 4) is 0 Å². The van der Waals surface area contributed by atoms with Gasteiger partial charge in [-0.15, -0.1) is 0 Å². The first kappa shape index (κ1) is 15.7. The molecule has 0 aliphatic carbocycles. The lowest BCUT2D eigenvalue weighted by atomic mass is 10.1. The normalized spacial score (nSPS) is 15.8. The van der Waals surface area contributed by atoms with Crippen LogP contribution in [0.1, 0.15) is 23.2 Å². The molecule has 3 aromatic rings. The minimum absolute atomic E-state index is 0.535. The van der Waals surface area contributed by atoms with Crippen LogP contribution in [0, 0.1) is 6.92 Å². The molecule has 0 saturated carbocycles. The summed E-state index contributed by atoms with van der Waals surface area (Å²) < 4.78 is 40.1. The SMILES string of the molecule is Cc1c2n(c3ccccc13)CC/C2=N/Nc1ccc(C(F)(F)F)cc1. The third kappa shape index (κ3) is 2.67. The Hall–Kier alpha value is -2.76. The van der Waals surface area contributed by atoms with Gasteiger partial charge in [-0.3, -0.25) is 5.43 Å². The Morgan fingerprint density at radius 1 is 1.04 bits per heavy atom. The van der Waals surface area contributed by atoms with E-state index in [9.17, 15) is 13.2 Å². The maximum Gasteiger partial charge on any atom is 0.416 e. The van der Waals surface area contributed by atoms with Gasteiger partial charge in [-0.1, -0.05) is 18.2 Å². The zero-order valence-electron chi connectivity index (χ0n) is 13.6. The summed E-state index contributed by atoms with van der Waals surface area (Å²) in [5, 5.41) is 5.66. The Balaban J connectivity index is 1.63. The second-order valence-corrected chi connectivity index (χ2v) is 6.14. The van der Waals surface area contributed by atoms with Crippen LogP contribution in [0.15, 0.2) is 53.6 Å². The fourth-order valence-corrected chi connectivity index (χ4v) is 3.39. The minimum Gasteiger partial charge on any atom is -0.339 e. The predicted octanol–water partition coefficient (Wildman–Crippen LogP) is 5.19. The molecule has 0 atom stereocenters. The van der Waals surface area contributed by atoms with Gasteiger partial charge in [-0.05, 0) is 42.8 Å². The minimum atomic E-state index is -4.33. The van der Waals surface area contributed by atoms with Gasteiger partial charge in [0.1, 0.15) is 0 Å². The third-order valence-corrected chi connectivity index (χ3v) is 4.60. The number of hydrogen-bond acceptors (Lipinski definition) is 2. The van der Waals surface area contributed by atoms with Gasteiger partial charge in [0.2, 0.25) is 0 Å². The zero-order valence-corrected chi connectivity index (χ0v) is 13.6. The lowest BCUT2D eigenvalue weighted by Crippen LogP contribution is -2.05. The van der Waals surface area contributed by atoms with E-state index in [0.29, 0.717) is 5.69 Å². The van der Waals surface area contributed by atoms with E-state index in [1.165, 1.54) is 28.6 Å². The van der Waals surface area contributed by atoms with Crippen LogP contribution in [0.5, 0.6) is 0 Å². The molecule has 1 aliphatic rings. The van der Waals surface area contributed by atoms with Crippen LogP contribution in [-0.2, 0) is 12.7 Å². The number of rotatable bonds is 2. The van der Waals surface area contributed by atoms with E-state index in [1.807, 2.05) is 12.1 Å². The van der Waals surface area contributed by atoms with Crippen molar-refractivity contribution in [2.45, 2.75) is 26.1 Å². The highest BCUT2D eigenvalue weighted by molar-refractivity contribution is 6.07. The monoisotopic (exact) mass is 343 g/mol. The molecule has 0 radical (unpaired) electrons. The number of nitrogens with zero attached hydrogens (tertiary/aromatic N) is 2. The summed E-state index contributed by atoms with van der Waals surface area (Å²) in [5.41, 5.74) is 7.15. The van der Waals surface area contributed by atoms with Crippen molar-refractivity contribution in [1.29, 1.82) is 0 Å². The van der Waals surface area contributed by atoms with Crippen LogP contribution in [0.2, 0.25) is 0 Å². The molecule has 1 aliphatic heterocycles. The van der Waals surface area contributed by atoms with Crippen LogP contribution < -0.4 is 5.43 Å². The number of benzene rings is 2. The van der Waals surface area contributed by atoms with Crippen LogP contribution in [0.3, 0.4) is 0 Å². The predicted molar refractivity (Wildman–Crippen MR) is 92.9 cm³/mol. The van der Waals surface area contributed by atoms with Crippen molar-refractivity contribution in [1.82, 2.24) is 4.57 Å². The highest BCUT2D eigenvalue weighted by Crippen LogP contribution is 2.32. The molecular formula is C19H16F3N3. The number of nitrogens with one attached hydrogen (secondary N) is 1. The molecule has 0 unspecified atom stereocenters. The van der Waals surface area contributed by atoms with Crippen LogP contribution in [0.4, 0.5) is 18.9 Å². The highest BCUT2D eigenvalue weighted by Gasteiger charge is 2.30. The molecule has 1 N–H and O–H groups in total. The van der Waals surface area contributed by atoms with Crippen LogP contribution in [0.25, 0.3) is 10.9 Å². The zero-order chi connectivity index (χ0) is 17.6. The number of hydrazone groups is 1. The fraction of sp³-hybridized carbons (Fsp3) is 0.211. The topological polar surface area (TPSA) is 29.3 Å². The first-order valence-electron chi connectivity index (χ1n) is 8.03. The Morgan fingerprint density at radius 2 is 1.76 bits per heavy atom. The van der Waals surface area contributed by atoms with Gasteiger partial charge in [0.05, 0.1) is 22.7 Å². The van der Waals surface area contributed by atoms with E-state index in [1.54, 1.807) is 0 Å². The average Bonchev–Trinajstić information content (AvgIpc) is 3.13. The molecule has 4 rings (SSSR count). The van der Waals surface area contributed by atoms with E-state index < -0.39 is 11.7 Å². The second kappa shape index (κ2) is 5.65. The number of hydrogen-bond donors (Lipinski definition) is 1. The summed E-state index contributed by atoms with van der Waals surface area (Å²) >= 11 is 0. The number of aromatic nitrogens is 1. The van der Waals surface area contributed by atoms with E-state index in [0.717, 1.165) is 36.5 Å². The molecule has 3 nitrogen and oxygen atoms in total. The van der Waals surface area contributed by atoms with Gasteiger partial charge in [0.15, 0.2) is 0 Å². The maximum absolute atomic E-state index is 12.6. The first-order chi connectivity index (χ1) is 11.9. The Bertz CT molecular complexity index is 966. The van der Waals surface area contributed by atoms with Gasteiger partial charge in [0, 0.05) is 23.9 Å². The number of para-hydroxylation sites is 1. The lowest BCUT2D eigenvalue weighted by Gasteiger charge is -2.07. The van der Waals surface area contributed by atoms with E-state index in [4.69, 9.17) is 0 Å². The molecule has 0 amide bonds. The molecule has 128 valence electrons. The third-order valence-electron chi connectivity index (χ3n) is 4.60. The summed E-state index contributed by atoms with van der Waals surface area (Å²) in [6.45, 7) is 2.93. The van der Waals surface area contributed by atoms with Crippen molar-refractivity contribution >= 4 is 22.3 Å². The van der Waals surface area contributed by atoms with E-state index in [2.05, 4.69) is 34.2 Å². The van der Waals surface area contributed by atoms with E-state index >= 15 is 0 Å². The molecule has 25 heavy (non-hydrogen) atoms. The number of alkyl halides is 3. The number of aryl methyl sites for hydroxylation is 2. The number of fused-ring (bicyclic) bond motifs is 3. The smallest absolute Gasteiger partial charge is 0.339 e. The fourth-order valence-electron chi connectivity index (χ4n) is 3.39.